The number of hydrogen-bond acceptors (Lipinski definition) is 2. The first-order valence-electron chi connectivity index (χ1n) is 5.94. The van der Waals surface area contributed by atoms with Crippen LogP contribution in [0.5, 0.6) is 0 Å². The van der Waals surface area contributed by atoms with Gasteiger partial charge in [0, 0.05) is 6.04 Å². The van der Waals surface area contributed by atoms with Gasteiger partial charge in [0.25, 0.3) is 0 Å². The molecule has 2 nitrogen and oxygen atoms in total. The van der Waals surface area contributed by atoms with Crippen molar-refractivity contribution in [3.8, 4) is 0 Å². The van der Waals surface area contributed by atoms with E-state index in [0.717, 1.165) is 25.0 Å². The van der Waals surface area contributed by atoms with E-state index in [9.17, 15) is 5.11 Å². The van der Waals surface area contributed by atoms with E-state index in [1.54, 1.807) is 0 Å². The molecule has 0 spiro atoms. The van der Waals surface area contributed by atoms with E-state index in [4.69, 9.17) is 0 Å². The molecule has 1 fully saturated rings. The average Bonchev–Trinajstić information content (AvgIpc) is 2.78. The highest BCUT2D eigenvalue weighted by Crippen LogP contribution is 2.26. The van der Waals surface area contributed by atoms with Crippen molar-refractivity contribution in [2.24, 2.45) is 0 Å². The van der Waals surface area contributed by atoms with E-state index in [1.807, 2.05) is 39.0 Å². The lowest BCUT2D eigenvalue weighted by molar-refractivity contribution is 0.0662. The minimum atomic E-state index is -0.846. The van der Waals surface area contributed by atoms with E-state index in [2.05, 4.69) is 11.9 Å². The molecule has 0 radical (unpaired) electrons. The van der Waals surface area contributed by atoms with E-state index < -0.39 is 5.60 Å². The summed E-state index contributed by atoms with van der Waals surface area (Å²) in [6, 6.07) is 0.135. The second kappa shape index (κ2) is 5.46. The van der Waals surface area contributed by atoms with Crippen molar-refractivity contribution in [3.63, 3.8) is 0 Å². The van der Waals surface area contributed by atoms with Gasteiger partial charge in [0.05, 0.1) is 0 Å². The third kappa shape index (κ3) is 3.06. The van der Waals surface area contributed by atoms with Crippen LogP contribution in [0.3, 0.4) is 0 Å². The minimum absolute atomic E-state index is 0.135. The van der Waals surface area contributed by atoms with Crippen LogP contribution in [0.2, 0.25) is 0 Å². The molecule has 0 saturated carbocycles. The molecule has 0 aromatic heterocycles. The Labute approximate surface area is 98.8 Å². The Bertz CT molecular complexity index is 307. The molecular formula is C14H23NO. The predicted octanol–water partition coefficient (Wildman–Crippen LogP) is 2.57. The maximum Gasteiger partial charge on any atom is 0.101 e. The maximum absolute atomic E-state index is 10.4. The summed E-state index contributed by atoms with van der Waals surface area (Å²) >= 11 is 0. The summed E-state index contributed by atoms with van der Waals surface area (Å²) in [6.07, 6.45) is 8.08. The maximum atomic E-state index is 10.4. The lowest BCUT2D eigenvalue weighted by Gasteiger charge is -2.31. The van der Waals surface area contributed by atoms with Gasteiger partial charge in [-0.1, -0.05) is 30.4 Å². The summed E-state index contributed by atoms with van der Waals surface area (Å²) in [6.45, 7) is 10.8. The first-order chi connectivity index (χ1) is 7.48. The molecule has 0 aromatic carbocycles. The van der Waals surface area contributed by atoms with Gasteiger partial charge in [0.15, 0.2) is 0 Å². The van der Waals surface area contributed by atoms with E-state index in [-0.39, 0.29) is 6.04 Å². The Balaban J connectivity index is 2.68. The van der Waals surface area contributed by atoms with Crippen LogP contribution in [-0.2, 0) is 0 Å². The molecule has 0 amide bonds. The monoisotopic (exact) mass is 221 g/mol. The van der Waals surface area contributed by atoms with Crippen molar-refractivity contribution in [3.05, 3.63) is 36.0 Å². The van der Waals surface area contributed by atoms with Gasteiger partial charge >= 0.3 is 0 Å². The van der Waals surface area contributed by atoms with Crippen LogP contribution in [-0.4, -0.2) is 23.3 Å². The van der Waals surface area contributed by atoms with Crippen molar-refractivity contribution >= 4 is 0 Å². The molecule has 1 aliphatic heterocycles. The Morgan fingerprint density at radius 2 is 2.19 bits per heavy atom. The number of hydrogen-bond donors (Lipinski definition) is 2. The molecule has 0 aromatic rings. The van der Waals surface area contributed by atoms with Crippen LogP contribution < -0.4 is 5.32 Å². The van der Waals surface area contributed by atoms with Crippen molar-refractivity contribution in [1.29, 1.82) is 0 Å². The van der Waals surface area contributed by atoms with Gasteiger partial charge in [-0.05, 0) is 45.7 Å². The fourth-order valence-corrected chi connectivity index (χ4v) is 1.89. The predicted molar refractivity (Wildman–Crippen MR) is 69.4 cm³/mol. The quantitative estimate of drug-likeness (QED) is 0.715. The minimum Gasteiger partial charge on any atom is -0.384 e. The van der Waals surface area contributed by atoms with Crippen molar-refractivity contribution < 1.29 is 5.11 Å². The van der Waals surface area contributed by atoms with Crippen LogP contribution in [0.1, 0.15) is 33.6 Å². The lowest BCUT2D eigenvalue weighted by atomic mass is 9.87. The second-order valence-electron chi connectivity index (χ2n) is 4.69. The first-order valence-corrected chi connectivity index (χ1v) is 5.94. The van der Waals surface area contributed by atoms with Crippen LogP contribution >= 0.6 is 0 Å². The highest BCUT2D eigenvalue weighted by atomic mass is 16.3. The number of aliphatic hydroxyl groups is 1. The van der Waals surface area contributed by atoms with Crippen LogP contribution in [0.25, 0.3) is 0 Å². The number of rotatable bonds is 4. The zero-order chi connectivity index (χ0) is 12.2. The van der Waals surface area contributed by atoms with Crippen LogP contribution in [0.4, 0.5) is 0 Å². The zero-order valence-electron chi connectivity index (χ0n) is 10.6. The van der Waals surface area contributed by atoms with E-state index in [0.29, 0.717) is 0 Å². The molecule has 2 atom stereocenters. The number of allylic oxidation sites excluding steroid dienone is 3. The molecule has 1 aliphatic rings. The standard InChI is InChI=1S/C14H23NO/c1-5-11(2)8-9-12(3)14(4,16)13-7-6-10-15-13/h5,8-9,13,15-16H,3,6-7,10H2,1-2,4H3/b9-8-,11-5-/t13-,14?/m0/s1. The summed E-state index contributed by atoms with van der Waals surface area (Å²) in [7, 11) is 0. The Morgan fingerprint density at radius 3 is 2.69 bits per heavy atom. The molecule has 2 N–H and O–H groups in total. The van der Waals surface area contributed by atoms with Gasteiger partial charge in [-0.25, -0.2) is 0 Å². The molecule has 0 aliphatic carbocycles. The zero-order valence-corrected chi connectivity index (χ0v) is 10.6. The topological polar surface area (TPSA) is 32.3 Å². The molecule has 1 rings (SSSR count). The number of nitrogens with one attached hydrogen (secondary N) is 1. The molecule has 1 unspecified atom stereocenters. The van der Waals surface area contributed by atoms with Gasteiger partial charge in [0.1, 0.15) is 5.60 Å². The van der Waals surface area contributed by atoms with Gasteiger partial charge in [-0.15, -0.1) is 0 Å². The van der Waals surface area contributed by atoms with E-state index >= 15 is 0 Å². The normalized spacial score (nSPS) is 26.0. The summed E-state index contributed by atoms with van der Waals surface area (Å²) in [5.74, 6) is 0. The van der Waals surface area contributed by atoms with Crippen molar-refractivity contribution in [2.75, 3.05) is 6.54 Å². The summed E-state index contributed by atoms with van der Waals surface area (Å²) in [4.78, 5) is 0. The third-order valence-corrected chi connectivity index (χ3v) is 3.39. The lowest BCUT2D eigenvalue weighted by Crippen LogP contribution is -2.46. The van der Waals surface area contributed by atoms with Gasteiger partial charge < -0.3 is 10.4 Å². The van der Waals surface area contributed by atoms with Crippen molar-refractivity contribution in [1.82, 2.24) is 5.32 Å². The smallest absolute Gasteiger partial charge is 0.101 e. The molecule has 0 bridgehead atoms. The Morgan fingerprint density at radius 1 is 1.50 bits per heavy atom. The van der Waals surface area contributed by atoms with Gasteiger partial charge in [0.2, 0.25) is 0 Å². The molecule has 16 heavy (non-hydrogen) atoms. The molecule has 90 valence electrons. The molecular weight excluding hydrogens is 198 g/mol. The fourth-order valence-electron chi connectivity index (χ4n) is 1.89. The van der Waals surface area contributed by atoms with E-state index in [1.165, 1.54) is 5.57 Å². The van der Waals surface area contributed by atoms with Crippen LogP contribution in [0.15, 0.2) is 36.0 Å². The summed E-state index contributed by atoms with van der Waals surface area (Å²) in [5.41, 5.74) is 1.10. The van der Waals surface area contributed by atoms with Crippen LogP contribution in [0, 0.1) is 0 Å². The second-order valence-corrected chi connectivity index (χ2v) is 4.69. The highest BCUT2D eigenvalue weighted by molar-refractivity contribution is 5.32. The average molecular weight is 221 g/mol. The summed E-state index contributed by atoms with van der Waals surface area (Å²) < 4.78 is 0. The highest BCUT2D eigenvalue weighted by Gasteiger charge is 2.35. The first kappa shape index (κ1) is 13.2. The molecule has 1 heterocycles. The van der Waals surface area contributed by atoms with Gasteiger partial charge in [-0.3, -0.25) is 0 Å². The summed E-state index contributed by atoms with van der Waals surface area (Å²) in [5, 5.41) is 13.8. The third-order valence-electron chi connectivity index (χ3n) is 3.39. The Hall–Kier alpha value is -0.860. The van der Waals surface area contributed by atoms with Gasteiger partial charge in [-0.2, -0.15) is 0 Å². The Kier molecular flexibility index (Phi) is 4.51. The SMILES string of the molecule is C=C(/C=C\C(C)=C/C)C(C)(O)[C@@H]1CCCN1. The largest absolute Gasteiger partial charge is 0.384 e. The molecule has 2 heteroatoms. The molecule has 1 saturated heterocycles. The fraction of sp³-hybridized carbons (Fsp3) is 0.571. The van der Waals surface area contributed by atoms with Crippen molar-refractivity contribution in [2.45, 2.75) is 45.3 Å².